The Morgan fingerprint density at radius 3 is 2.61 bits per heavy atom. The Kier molecular flexibility index (Phi) is 7.01. The number of anilines is 1. The number of halogens is 1. The molecule has 0 unspecified atom stereocenters. The zero-order valence-corrected chi connectivity index (χ0v) is 19.0. The molecule has 0 aliphatic carbocycles. The number of carbonyl (C=O) groups is 1. The summed E-state index contributed by atoms with van der Waals surface area (Å²) in [5.74, 6) is 0.00678. The van der Waals surface area contributed by atoms with Crippen molar-refractivity contribution in [3.8, 4) is 5.82 Å². The summed E-state index contributed by atoms with van der Waals surface area (Å²) in [6.45, 7) is 1.96. The molecule has 0 spiro atoms. The molecule has 0 saturated carbocycles. The zero-order valence-electron chi connectivity index (χ0n) is 17.5. The number of hydrogen-bond acceptors (Lipinski definition) is 9. The summed E-state index contributed by atoms with van der Waals surface area (Å²) >= 11 is 7.43. The number of aromatic nitrogens is 5. The molecule has 3 N–H and O–H groups in total. The number of nitrogen functional groups attached to an aromatic ring is 1. The molecule has 12 heteroatoms. The Labute approximate surface area is 198 Å². The molecule has 0 radical (unpaired) electrons. The fraction of sp³-hybridized carbons (Fsp3) is 0.143. The third kappa shape index (κ3) is 5.21. The molecule has 2 aromatic heterocycles. The van der Waals surface area contributed by atoms with E-state index in [1.807, 2.05) is 49.4 Å². The van der Waals surface area contributed by atoms with Crippen molar-refractivity contribution in [1.29, 1.82) is 0 Å². The van der Waals surface area contributed by atoms with E-state index in [4.69, 9.17) is 17.3 Å². The van der Waals surface area contributed by atoms with Crippen LogP contribution in [0.3, 0.4) is 0 Å². The largest absolute Gasteiger partial charge is 0.378 e. The maximum absolute atomic E-state index is 13.0. The van der Waals surface area contributed by atoms with Crippen molar-refractivity contribution >= 4 is 40.8 Å². The second kappa shape index (κ2) is 10.3. The number of rotatable bonds is 8. The Morgan fingerprint density at radius 2 is 1.94 bits per heavy atom. The van der Waals surface area contributed by atoms with Gasteiger partial charge in [0.25, 0.3) is 5.91 Å². The van der Waals surface area contributed by atoms with Gasteiger partial charge in [0.05, 0.1) is 11.4 Å². The average molecular weight is 483 g/mol. The first-order valence-electron chi connectivity index (χ1n) is 9.90. The van der Waals surface area contributed by atoms with Crippen LogP contribution in [-0.2, 0) is 5.75 Å². The van der Waals surface area contributed by atoms with Crippen LogP contribution in [-0.4, -0.2) is 36.9 Å². The monoisotopic (exact) mass is 482 g/mol. The highest BCUT2D eigenvalue weighted by atomic mass is 35.5. The highest BCUT2D eigenvalue weighted by molar-refractivity contribution is 7.98. The van der Waals surface area contributed by atoms with E-state index in [1.54, 1.807) is 12.1 Å². The number of nitrogens with zero attached hydrogens (tertiary/aromatic N) is 6. The van der Waals surface area contributed by atoms with E-state index in [9.17, 15) is 4.79 Å². The average Bonchev–Trinajstić information content (AvgIpc) is 3.45. The lowest BCUT2D eigenvalue weighted by Gasteiger charge is -2.07. The lowest BCUT2D eigenvalue weighted by Crippen LogP contribution is -2.22. The predicted molar refractivity (Wildman–Crippen MR) is 125 cm³/mol. The number of benzene rings is 2. The van der Waals surface area contributed by atoms with Gasteiger partial charge in [-0.1, -0.05) is 54.1 Å². The van der Waals surface area contributed by atoms with E-state index in [1.165, 1.54) is 16.4 Å². The van der Waals surface area contributed by atoms with Crippen molar-refractivity contribution in [3.63, 3.8) is 0 Å². The molecule has 0 aliphatic heterocycles. The van der Waals surface area contributed by atoms with Gasteiger partial charge < -0.3 is 5.73 Å². The van der Waals surface area contributed by atoms with Gasteiger partial charge >= 0.3 is 0 Å². The van der Waals surface area contributed by atoms with Crippen molar-refractivity contribution < 1.29 is 9.42 Å². The predicted octanol–water partition coefficient (Wildman–Crippen LogP) is 3.72. The number of thioether (sulfide) groups is 1. The standard InChI is InChI=1S/C21H19ClN8O2S/c1-2-16(13-6-4-3-5-7-13)24-26-21(31)18-17(12-33-15-10-8-14(22)9-11-15)30(29-25-18)20-19(23)27-32-28-20/h3-11H,2,12H2,1H3,(H2,23,27)(H,26,31)/b24-16+. The second-order valence-electron chi connectivity index (χ2n) is 6.73. The van der Waals surface area contributed by atoms with Gasteiger partial charge in [-0.15, -0.1) is 16.9 Å². The van der Waals surface area contributed by atoms with Crippen LogP contribution in [0.1, 0.15) is 35.1 Å². The summed E-state index contributed by atoms with van der Waals surface area (Å²) in [6, 6.07) is 16.9. The number of hydrogen-bond donors (Lipinski definition) is 2. The molecule has 33 heavy (non-hydrogen) atoms. The van der Waals surface area contributed by atoms with Crippen molar-refractivity contribution in [2.24, 2.45) is 5.10 Å². The van der Waals surface area contributed by atoms with Gasteiger partial charge in [0, 0.05) is 15.7 Å². The van der Waals surface area contributed by atoms with Gasteiger partial charge in [-0.2, -0.15) is 9.78 Å². The van der Waals surface area contributed by atoms with E-state index < -0.39 is 5.91 Å². The maximum Gasteiger partial charge on any atom is 0.293 e. The van der Waals surface area contributed by atoms with Crippen LogP contribution in [0.25, 0.3) is 5.82 Å². The van der Waals surface area contributed by atoms with Crippen LogP contribution in [0, 0.1) is 0 Å². The fourth-order valence-corrected chi connectivity index (χ4v) is 3.96. The Bertz CT molecular complexity index is 1270. The van der Waals surface area contributed by atoms with Crippen LogP contribution in [0.2, 0.25) is 5.02 Å². The van der Waals surface area contributed by atoms with E-state index >= 15 is 0 Å². The molecule has 0 fully saturated rings. The normalized spacial score (nSPS) is 11.5. The summed E-state index contributed by atoms with van der Waals surface area (Å²) < 4.78 is 6.02. The van der Waals surface area contributed by atoms with E-state index in [2.05, 4.69) is 35.8 Å². The van der Waals surface area contributed by atoms with Gasteiger partial charge in [0.2, 0.25) is 11.6 Å². The maximum atomic E-state index is 13.0. The lowest BCUT2D eigenvalue weighted by molar-refractivity contribution is 0.0949. The molecular formula is C21H19ClN8O2S. The third-order valence-electron chi connectivity index (χ3n) is 4.60. The molecule has 10 nitrogen and oxygen atoms in total. The number of hydrazone groups is 1. The molecule has 1 amide bonds. The molecular weight excluding hydrogens is 464 g/mol. The van der Waals surface area contributed by atoms with Crippen LogP contribution in [0.15, 0.2) is 69.2 Å². The number of nitrogens with two attached hydrogens (primary N) is 1. The SMILES string of the molecule is CC/C(=N\NC(=O)c1nnn(-c2nonc2N)c1CSc1ccc(Cl)cc1)c1ccccc1. The minimum atomic E-state index is -0.509. The molecule has 4 aromatic rings. The van der Waals surface area contributed by atoms with Crippen LogP contribution in [0.4, 0.5) is 5.82 Å². The van der Waals surface area contributed by atoms with Gasteiger partial charge in [0.15, 0.2) is 5.69 Å². The smallest absolute Gasteiger partial charge is 0.293 e. The molecule has 168 valence electrons. The molecule has 0 bridgehead atoms. The van der Waals surface area contributed by atoms with Crippen molar-refractivity contribution in [2.75, 3.05) is 5.73 Å². The Hall–Kier alpha value is -3.70. The Morgan fingerprint density at radius 1 is 1.18 bits per heavy atom. The van der Waals surface area contributed by atoms with Crippen LogP contribution < -0.4 is 11.2 Å². The first kappa shape index (κ1) is 22.5. The van der Waals surface area contributed by atoms with Crippen molar-refractivity contribution in [2.45, 2.75) is 24.0 Å². The molecule has 2 heterocycles. The first-order chi connectivity index (χ1) is 16.1. The minimum absolute atomic E-state index is 0.0277. The van der Waals surface area contributed by atoms with Gasteiger partial charge in [0.1, 0.15) is 0 Å². The van der Waals surface area contributed by atoms with Crippen molar-refractivity contribution in [3.05, 3.63) is 76.6 Å². The summed E-state index contributed by atoms with van der Waals surface area (Å²) in [4.78, 5) is 13.9. The molecule has 2 aromatic carbocycles. The van der Waals surface area contributed by atoms with Crippen LogP contribution in [0.5, 0.6) is 0 Å². The van der Waals surface area contributed by atoms with Gasteiger partial charge in [-0.3, -0.25) is 4.79 Å². The topological polar surface area (TPSA) is 137 Å². The molecule has 0 atom stereocenters. The first-order valence-corrected chi connectivity index (χ1v) is 11.3. The van der Waals surface area contributed by atoms with E-state index in [0.29, 0.717) is 22.9 Å². The molecule has 0 saturated heterocycles. The van der Waals surface area contributed by atoms with E-state index in [0.717, 1.165) is 16.2 Å². The van der Waals surface area contributed by atoms with Crippen LogP contribution >= 0.6 is 23.4 Å². The summed E-state index contributed by atoms with van der Waals surface area (Å²) in [6.07, 6.45) is 0.636. The van der Waals surface area contributed by atoms with Gasteiger partial charge in [-0.25, -0.2) is 10.1 Å². The molecule has 0 aliphatic rings. The van der Waals surface area contributed by atoms with Crippen molar-refractivity contribution in [1.82, 2.24) is 30.7 Å². The lowest BCUT2D eigenvalue weighted by atomic mass is 10.1. The Balaban J connectivity index is 1.62. The minimum Gasteiger partial charge on any atom is -0.378 e. The third-order valence-corrected chi connectivity index (χ3v) is 5.87. The highest BCUT2D eigenvalue weighted by Gasteiger charge is 2.24. The fourth-order valence-electron chi connectivity index (χ4n) is 2.95. The zero-order chi connectivity index (χ0) is 23.2. The summed E-state index contributed by atoms with van der Waals surface area (Å²) in [5.41, 5.74) is 10.6. The summed E-state index contributed by atoms with van der Waals surface area (Å²) in [7, 11) is 0. The number of nitrogens with one attached hydrogen (secondary N) is 1. The molecule has 4 rings (SSSR count). The number of amides is 1. The summed E-state index contributed by atoms with van der Waals surface area (Å²) in [5, 5.41) is 20.4. The second-order valence-corrected chi connectivity index (χ2v) is 8.22. The quantitative estimate of drug-likeness (QED) is 0.220. The highest BCUT2D eigenvalue weighted by Crippen LogP contribution is 2.27. The van der Waals surface area contributed by atoms with Gasteiger partial charge in [-0.05, 0) is 46.6 Å². The number of carbonyl (C=O) groups excluding carboxylic acids is 1. The van der Waals surface area contributed by atoms with E-state index in [-0.39, 0.29) is 17.3 Å².